The van der Waals surface area contributed by atoms with Crippen LogP contribution in [0.3, 0.4) is 0 Å². The van der Waals surface area contributed by atoms with Crippen LogP contribution in [0.25, 0.3) is 0 Å². The number of carbonyl (C=O) groups excluding carboxylic acids is 2. The van der Waals surface area contributed by atoms with Crippen molar-refractivity contribution in [3.8, 4) is 0 Å². The maximum atomic E-state index is 13.3. The predicted molar refractivity (Wildman–Crippen MR) is 102 cm³/mol. The fourth-order valence-electron chi connectivity index (χ4n) is 3.16. The van der Waals surface area contributed by atoms with Gasteiger partial charge in [0.05, 0.1) is 11.9 Å². The van der Waals surface area contributed by atoms with Gasteiger partial charge in [-0.3, -0.25) is 14.4 Å². The molecule has 7 nitrogen and oxygen atoms in total. The maximum Gasteiger partial charge on any atom is 0.411 e. The lowest BCUT2D eigenvalue weighted by Crippen LogP contribution is -2.60. The van der Waals surface area contributed by atoms with Crippen LogP contribution in [-0.2, 0) is 23.0 Å². The summed E-state index contributed by atoms with van der Waals surface area (Å²) in [6.07, 6.45) is 3.46. The van der Waals surface area contributed by atoms with E-state index in [1.807, 2.05) is 58.2 Å². The Morgan fingerprint density at radius 2 is 1.93 bits per heavy atom. The molecule has 1 aliphatic heterocycles. The Hall–Kier alpha value is -2.83. The summed E-state index contributed by atoms with van der Waals surface area (Å²) in [4.78, 5) is 29.2. The van der Waals surface area contributed by atoms with Gasteiger partial charge in [0.1, 0.15) is 11.6 Å². The first-order chi connectivity index (χ1) is 12.7. The Morgan fingerprint density at radius 1 is 1.22 bits per heavy atom. The Kier molecular flexibility index (Phi) is 5.21. The van der Waals surface area contributed by atoms with Crippen LogP contribution in [0.5, 0.6) is 0 Å². The van der Waals surface area contributed by atoms with Crippen molar-refractivity contribution in [2.24, 2.45) is 7.05 Å². The van der Waals surface area contributed by atoms with Gasteiger partial charge in [0.2, 0.25) is 5.91 Å². The topological polar surface area (TPSA) is 67.7 Å². The Bertz CT molecular complexity index is 810. The van der Waals surface area contributed by atoms with Gasteiger partial charge in [0, 0.05) is 32.8 Å². The lowest BCUT2D eigenvalue weighted by Gasteiger charge is -2.40. The minimum atomic E-state index is -0.615. The number of hydrogen-bond donors (Lipinski definition) is 0. The van der Waals surface area contributed by atoms with Gasteiger partial charge in [-0.1, -0.05) is 30.3 Å². The van der Waals surface area contributed by atoms with Gasteiger partial charge in [-0.15, -0.1) is 0 Å². The van der Waals surface area contributed by atoms with E-state index in [2.05, 4.69) is 5.10 Å². The number of ether oxygens (including phenoxy) is 1. The molecule has 0 saturated carbocycles. The number of amides is 2. The summed E-state index contributed by atoms with van der Waals surface area (Å²) in [5, 5.41) is 4.16. The number of hydrogen-bond acceptors (Lipinski definition) is 4. The average molecular weight is 370 g/mol. The van der Waals surface area contributed by atoms with Gasteiger partial charge in [-0.25, -0.2) is 4.79 Å². The number of piperazine rings is 1. The molecule has 1 aromatic heterocycles. The molecule has 0 bridgehead atoms. The van der Waals surface area contributed by atoms with Crippen molar-refractivity contribution in [2.75, 3.05) is 18.0 Å². The number of benzene rings is 1. The summed E-state index contributed by atoms with van der Waals surface area (Å²) in [6, 6.07) is 9.10. The molecule has 1 saturated heterocycles. The lowest BCUT2D eigenvalue weighted by molar-refractivity contribution is -0.125. The number of carbonyl (C=O) groups is 2. The van der Waals surface area contributed by atoms with Crippen molar-refractivity contribution in [1.82, 2.24) is 14.7 Å². The first kappa shape index (κ1) is 18.9. The smallest absolute Gasteiger partial charge is 0.411 e. The molecule has 0 radical (unpaired) electrons. The van der Waals surface area contributed by atoms with E-state index < -0.39 is 17.7 Å². The maximum absolute atomic E-state index is 13.3. The SMILES string of the molecule is Cn1cc(N2CCN(C(=O)OC(C)(C)C)C(Cc3ccccc3)C2=O)cn1. The number of aryl methyl sites for hydroxylation is 1. The minimum Gasteiger partial charge on any atom is -0.444 e. The molecule has 0 aliphatic carbocycles. The average Bonchev–Trinajstić information content (AvgIpc) is 3.02. The van der Waals surface area contributed by atoms with Gasteiger partial charge in [-0.2, -0.15) is 5.10 Å². The minimum absolute atomic E-state index is 0.121. The molecule has 1 aliphatic rings. The Labute approximate surface area is 159 Å². The summed E-state index contributed by atoms with van der Waals surface area (Å²) < 4.78 is 7.20. The lowest BCUT2D eigenvalue weighted by atomic mass is 10.0. The van der Waals surface area contributed by atoms with Crippen LogP contribution in [-0.4, -0.2) is 51.4 Å². The molecule has 1 unspecified atom stereocenters. The predicted octanol–water partition coefficient (Wildman–Crippen LogP) is 2.62. The summed E-state index contributed by atoms with van der Waals surface area (Å²) in [5.41, 5.74) is 1.12. The monoisotopic (exact) mass is 370 g/mol. The Balaban J connectivity index is 1.87. The second-order valence-electron chi connectivity index (χ2n) is 7.74. The first-order valence-corrected chi connectivity index (χ1v) is 9.08. The van der Waals surface area contributed by atoms with Crippen LogP contribution in [0.4, 0.5) is 10.5 Å². The summed E-state index contributed by atoms with van der Waals surface area (Å²) in [6.45, 7) is 6.29. The first-order valence-electron chi connectivity index (χ1n) is 9.08. The molecule has 0 spiro atoms. The second-order valence-corrected chi connectivity index (χ2v) is 7.74. The van der Waals surface area contributed by atoms with Crippen LogP contribution < -0.4 is 4.90 Å². The summed E-state index contributed by atoms with van der Waals surface area (Å²) >= 11 is 0. The van der Waals surface area contributed by atoms with E-state index in [9.17, 15) is 9.59 Å². The summed E-state index contributed by atoms with van der Waals surface area (Å²) in [5.74, 6) is -0.121. The van der Waals surface area contributed by atoms with Crippen LogP contribution in [0.2, 0.25) is 0 Å². The van der Waals surface area contributed by atoms with E-state index in [1.54, 1.807) is 26.9 Å². The highest BCUT2D eigenvalue weighted by molar-refractivity contribution is 5.99. The van der Waals surface area contributed by atoms with Crippen molar-refractivity contribution in [1.29, 1.82) is 0 Å². The fraction of sp³-hybridized carbons (Fsp3) is 0.450. The normalized spacial score (nSPS) is 17.9. The van der Waals surface area contributed by atoms with Crippen molar-refractivity contribution in [2.45, 2.75) is 38.8 Å². The summed E-state index contributed by atoms with van der Waals surface area (Å²) in [7, 11) is 1.81. The van der Waals surface area contributed by atoms with Crippen molar-refractivity contribution in [3.63, 3.8) is 0 Å². The van der Waals surface area contributed by atoms with E-state index in [-0.39, 0.29) is 5.91 Å². The van der Waals surface area contributed by atoms with Crippen LogP contribution >= 0.6 is 0 Å². The van der Waals surface area contributed by atoms with Crippen molar-refractivity contribution in [3.05, 3.63) is 48.3 Å². The van der Waals surface area contributed by atoms with Gasteiger partial charge in [0.15, 0.2) is 0 Å². The largest absolute Gasteiger partial charge is 0.444 e. The van der Waals surface area contributed by atoms with E-state index in [0.717, 1.165) is 11.3 Å². The molecule has 1 atom stereocenters. The van der Waals surface area contributed by atoms with Crippen molar-refractivity contribution >= 4 is 17.7 Å². The highest BCUT2D eigenvalue weighted by atomic mass is 16.6. The second kappa shape index (κ2) is 7.42. The Morgan fingerprint density at radius 3 is 2.52 bits per heavy atom. The standard InChI is InChI=1S/C20H26N4O3/c1-20(2,3)27-19(26)24-11-10-23(16-13-21-22(4)14-16)18(25)17(24)12-15-8-6-5-7-9-15/h5-9,13-14,17H,10-12H2,1-4H3. The van der Waals surface area contributed by atoms with Crippen LogP contribution in [0.15, 0.2) is 42.7 Å². The molecular formula is C20H26N4O3. The number of anilines is 1. The van der Waals surface area contributed by atoms with Gasteiger partial charge in [0.25, 0.3) is 0 Å². The highest BCUT2D eigenvalue weighted by Gasteiger charge is 2.40. The fourth-order valence-corrected chi connectivity index (χ4v) is 3.16. The van der Waals surface area contributed by atoms with Gasteiger partial charge < -0.3 is 9.64 Å². The molecule has 144 valence electrons. The molecular weight excluding hydrogens is 344 g/mol. The van der Waals surface area contributed by atoms with E-state index in [4.69, 9.17) is 4.74 Å². The number of aromatic nitrogens is 2. The molecule has 1 aromatic carbocycles. The number of nitrogens with zero attached hydrogens (tertiary/aromatic N) is 4. The molecule has 0 N–H and O–H groups in total. The zero-order valence-corrected chi connectivity index (χ0v) is 16.3. The third-order valence-corrected chi connectivity index (χ3v) is 4.39. The van der Waals surface area contributed by atoms with Crippen LogP contribution in [0.1, 0.15) is 26.3 Å². The molecule has 7 heteroatoms. The third-order valence-electron chi connectivity index (χ3n) is 4.39. The van der Waals surface area contributed by atoms with E-state index in [1.165, 1.54) is 0 Å². The quantitative estimate of drug-likeness (QED) is 0.833. The molecule has 2 amide bonds. The number of rotatable bonds is 3. The van der Waals surface area contributed by atoms with Crippen molar-refractivity contribution < 1.29 is 14.3 Å². The highest BCUT2D eigenvalue weighted by Crippen LogP contribution is 2.24. The van der Waals surface area contributed by atoms with Gasteiger partial charge in [-0.05, 0) is 26.3 Å². The molecule has 2 heterocycles. The zero-order chi connectivity index (χ0) is 19.6. The molecule has 1 fully saturated rings. The molecule has 27 heavy (non-hydrogen) atoms. The van der Waals surface area contributed by atoms with Gasteiger partial charge >= 0.3 is 6.09 Å². The third kappa shape index (κ3) is 4.48. The zero-order valence-electron chi connectivity index (χ0n) is 16.3. The molecule has 2 aromatic rings. The molecule has 3 rings (SSSR count). The van der Waals surface area contributed by atoms with Crippen LogP contribution in [0, 0.1) is 0 Å². The van der Waals surface area contributed by atoms with E-state index in [0.29, 0.717) is 19.5 Å². The van der Waals surface area contributed by atoms with E-state index >= 15 is 0 Å².